The molecule has 1 aromatic heterocycles. The third-order valence-corrected chi connectivity index (χ3v) is 4.32. The van der Waals surface area contributed by atoms with E-state index in [4.69, 9.17) is 4.74 Å². The second-order valence-electron chi connectivity index (χ2n) is 5.45. The van der Waals surface area contributed by atoms with Gasteiger partial charge in [0.05, 0.1) is 24.3 Å². The number of nitrogens with zero attached hydrogens (tertiary/aromatic N) is 3. The SMILES string of the molecule is COCCN1C(=O)C[C@@H]2[C@H]1CCN2C(=O)c1cccnc1. The van der Waals surface area contributed by atoms with Gasteiger partial charge in [-0.25, -0.2) is 0 Å². The third kappa shape index (κ3) is 2.51. The van der Waals surface area contributed by atoms with Gasteiger partial charge in [-0.15, -0.1) is 0 Å². The summed E-state index contributed by atoms with van der Waals surface area (Å²) in [5.41, 5.74) is 0.584. The Morgan fingerprint density at radius 1 is 1.48 bits per heavy atom. The van der Waals surface area contributed by atoms with Crippen LogP contribution in [0.5, 0.6) is 0 Å². The van der Waals surface area contributed by atoms with Gasteiger partial charge in [-0.05, 0) is 18.6 Å². The molecule has 0 radical (unpaired) electrons. The maximum absolute atomic E-state index is 12.5. The number of aromatic nitrogens is 1. The van der Waals surface area contributed by atoms with Crippen LogP contribution in [-0.4, -0.2) is 65.5 Å². The fourth-order valence-electron chi connectivity index (χ4n) is 3.32. The number of carbonyl (C=O) groups is 2. The van der Waals surface area contributed by atoms with Crippen molar-refractivity contribution in [1.82, 2.24) is 14.8 Å². The number of likely N-dealkylation sites (tertiary alicyclic amines) is 2. The molecule has 2 aliphatic heterocycles. The summed E-state index contributed by atoms with van der Waals surface area (Å²) in [6, 6.07) is 3.64. The van der Waals surface area contributed by atoms with Gasteiger partial charge < -0.3 is 14.5 Å². The van der Waals surface area contributed by atoms with Crippen LogP contribution < -0.4 is 0 Å². The van der Waals surface area contributed by atoms with Crippen molar-refractivity contribution in [3.05, 3.63) is 30.1 Å². The van der Waals surface area contributed by atoms with E-state index in [0.29, 0.717) is 31.7 Å². The lowest BCUT2D eigenvalue weighted by Gasteiger charge is -2.25. The van der Waals surface area contributed by atoms with E-state index in [1.54, 1.807) is 31.6 Å². The second kappa shape index (κ2) is 5.81. The van der Waals surface area contributed by atoms with E-state index >= 15 is 0 Å². The first kappa shape index (κ1) is 14.0. The van der Waals surface area contributed by atoms with Crippen LogP contribution in [0, 0.1) is 0 Å². The third-order valence-electron chi connectivity index (χ3n) is 4.32. The Hall–Kier alpha value is -1.95. The Kier molecular flexibility index (Phi) is 3.88. The lowest BCUT2D eigenvalue weighted by Crippen LogP contribution is -2.40. The van der Waals surface area contributed by atoms with E-state index in [2.05, 4.69) is 4.98 Å². The summed E-state index contributed by atoms with van der Waals surface area (Å²) in [6.07, 6.45) is 4.48. The monoisotopic (exact) mass is 289 g/mol. The molecule has 112 valence electrons. The summed E-state index contributed by atoms with van der Waals surface area (Å²) in [6.45, 7) is 1.83. The van der Waals surface area contributed by atoms with Crippen molar-refractivity contribution < 1.29 is 14.3 Å². The first-order valence-corrected chi connectivity index (χ1v) is 7.22. The number of methoxy groups -OCH3 is 1. The summed E-state index contributed by atoms with van der Waals surface area (Å²) in [7, 11) is 1.63. The first-order chi connectivity index (χ1) is 10.2. The van der Waals surface area contributed by atoms with Crippen LogP contribution in [0.3, 0.4) is 0 Å². The number of hydrogen-bond acceptors (Lipinski definition) is 4. The Morgan fingerprint density at radius 2 is 2.33 bits per heavy atom. The fraction of sp³-hybridized carbons (Fsp3) is 0.533. The summed E-state index contributed by atoms with van der Waals surface area (Å²) in [5, 5.41) is 0. The number of hydrogen-bond donors (Lipinski definition) is 0. The Bertz CT molecular complexity index is 534. The van der Waals surface area contributed by atoms with Crippen LogP contribution in [0.25, 0.3) is 0 Å². The van der Waals surface area contributed by atoms with E-state index in [0.717, 1.165) is 6.42 Å². The molecule has 0 bridgehead atoms. The van der Waals surface area contributed by atoms with Gasteiger partial charge in [-0.2, -0.15) is 0 Å². The van der Waals surface area contributed by atoms with Crippen molar-refractivity contribution >= 4 is 11.8 Å². The molecule has 3 heterocycles. The smallest absolute Gasteiger partial charge is 0.255 e. The van der Waals surface area contributed by atoms with E-state index in [1.807, 2.05) is 9.80 Å². The fourth-order valence-corrected chi connectivity index (χ4v) is 3.32. The average molecular weight is 289 g/mol. The summed E-state index contributed by atoms with van der Waals surface area (Å²) in [5.74, 6) is 0.0859. The Morgan fingerprint density at radius 3 is 3.05 bits per heavy atom. The number of fused-ring (bicyclic) bond motifs is 1. The van der Waals surface area contributed by atoms with E-state index in [-0.39, 0.29) is 23.9 Å². The molecule has 0 aromatic carbocycles. The molecular weight excluding hydrogens is 270 g/mol. The summed E-state index contributed by atoms with van der Waals surface area (Å²) < 4.78 is 5.06. The van der Waals surface area contributed by atoms with Crippen LogP contribution in [-0.2, 0) is 9.53 Å². The minimum absolute atomic E-state index is 0.0120. The zero-order valence-corrected chi connectivity index (χ0v) is 12.1. The zero-order chi connectivity index (χ0) is 14.8. The molecule has 3 rings (SSSR count). The molecule has 2 amide bonds. The van der Waals surface area contributed by atoms with Crippen LogP contribution in [0.4, 0.5) is 0 Å². The second-order valence-corrected chi connectivity index (χ2v) is 5.45. The number of amides is 2. The van der Waals surface area contributed by atoms with Gasteiger partial charge in [0.25, 0.3) is 5.91 Å². The molecule has 6 heteroatoms. The van der Waals surface area contributed by atoms with Gasteiger partial charge in [-0.3, -0.25) is 14.6 Å². The highest BCUT2D eigenvalue weighted by Crippen LogP contribution is 2.33. The number of carbonyl (C=O) groups excluding carboxylic acids is 2. The maximum Gasteiger partial charge on any atom is 0.255 e. The Labute approximate surface area is 123 Å². The highest BCUT2D eigenvalue weighted by atomic mass is 16.5. The van der Waals surface area contributed by atoms with Crippen LogP contribution >= 0.6 is 0 Å². The number of ether oxygens (including phenoxy) is 1. The Balaban J connectivity index is 1.74. The molecule has 2 aliphatic rings. The molecule has 0 spiro atoms. The summed E-state index contributed by atoms with van der Waals surface area (Å²) in [4.78, 5) is 32.4. The van der Waals surface area contributed by atoms with Crippen molar-refractivity contribution in [3.8, 4) is 0 Å². The van der Waals surface area contributed by atoms with Crippen molar-refractivity contribution in [2.45, 2.75) is 24.9 Å². The van der Waals surface area contributed by atoms with Crippen LogP contribution in [0.2, 0.25) is 0 Å². The molecule has 2 saturated heterocycles. The van der Waals surface area contributed by atoms with E-state index in [1.165, 1.54) is 0 Å². The molecule has 0 aliphatic carbocycles. The zero-order valence-electron chi connectivity index (χ0n) is 12.1. The van der Waals surface area contributed by atoms with Gasteiger partial charge in [0.15, 0.2) is 0 Å². The molecule has 1 aromatic rings. The summed E-state index contributed by atoms with van der Waals surface area (Å²) >= 11 is 0. The van der Waals surface area contributed by atoms with Crippen molar-refractivity contribution in [3.63, 3.8) is 0 Å². The minimum Gasteiger partial charge on any atom is -0.383 e. The number of rotatable bonds is 4. The van der Waals surface area contributed by atoms with Crippen molar-refractivity contribution in [2.75, 3.05) is 26.8 Å². The molecule has 0 unspecified atom stereocenters. The average Bonchev–Trinajstić information content (AvgIpc) is 3.04. The largest absolute Gasteiger partial charge is 0.383 e. The molecule has 21 heavy (non-hydrogen) atoms. The highest BCUT2D eigenvalue weighted by Gasteiger charge is 2.48. The van der Waals surface area contributed by atoms with Crippen LogP contribution in [0.1, 0.15) is 23.2 Å². The first-order valence-electron chi connectivity index (χ1n) is 7.22. The van der Waals surface area contributed by atoms with Crippen molar-refractivity contribution in [1.29, 1.82) is 0 Å². The topological polar surface area (TPSA) is 62.7 Å². The van der Waals surface area contributed by atoms with Gasteiger partial charge >= 0.3 is 0 Å². The lowest BCUT2D eigenvalue weighted by molar-refractivity contribution is -0.129. The number of pyridine rings is 1. The normalized spacial score (nSPS) is 24.5. The molecule has 2 fully saturated rings. The minimum atomic E-state index is -0.0306. The standard InChI is InChI=1S/C15H19N3O3/c1-21-8-7-17-12-4-6-18(13(12)9-14(17)19)15(20)11-3-2-5-16-10-11/h2-3,5,10,12-13H,4,6-9H2,1H3/t12-,13-/m1/s1. The maximum atomic E-state index is 12.5. The van der Waals surface area contributed by atoms with Crippen LogP contribution in [0.15, 0.2) is 24.5 Å². The molecule has 2 atom stereocenters. The molecule has 0 saturated carbocycles. The van der Waals surface area contributed by atoms with Gasteiger partial charge in [-0.1, -0.05) is 0 Å². The van der Waals surface area contributed by atoms with E-state index in [9.17, 15) is 9.59 Å². The van der Waals surface area contributed by atoms with E-state index < -0.39 is 0 Å². The predicted molar refractivity (Wildman–Crippen MR) is 75.7 cm³/mol. The predicted octanol–water partition coefficient (Wildman–Crippen LogP) is 0.543. The van der Waals surface area contributed by atoms with Gasteiger partial charge in [0.2, 0.25) is 5.91 Å². The molecule has 0 N–H and O–H groups in total. The highest BCUT2D eigenvalue weighted by molar-refractivity contribution is 5.95. The van der Waals surface area contributed by atoms with Gasteiger partial charge in [0, 0.05) is 39.0 Å². The molecule has 6 nitrogen and oxygen atoms in total. The van der Waals surface area contributed by atoms with Crippen molar-refractivity contribution in [2.24, 2.45) is 0 Å². The lowest BCUT2D eigenvalue weighted by atomic mass is 10.1. The van der Waals surface area contributed by atoms with Gasteiger partial charge in [0.1, 0.15) is 0 Å². The molecular formula is C15H19N3O3. The quantitative estimate of drug-likeness (QED) is 0.812.